The molecular formula is C32H30F3N5O7. The van der Waals surface area contributed by atoms with Crippen molar-refractivity contribution >= 4 is 29.3 Å². The quantitative estimate of drug-likeness (QED) is 0.139. The number of amides is 2. The van der Waals surface area contributed by atoms with Gasteiger partial charge in [-0.15, -0.1) is 0 Å². The molecule has 0 fully saturated rings. The average Bonchev–Trinajstić information content (AvgIpc) is 3.45. The summed E-state index contributed by atoms with van der Waals surface area (Å²) in [4.78, 5) is 45.2. The number of anilines is 2. The topological polar surface area (TPSA) is 170 Å². The van der Waals surface area contributed by atoms with E-state index < -0.39 is 35.8 Å². The summed E-state index contributed by atoms with van der Waals surface area (Å²) in [5.41, 5.74) is -0.424. The van der Waals surface area contributed by atoms with Crippen LogP contribution in [0.4, 0.5) is 29.3 Å². The van der Waals surface area contributed by atoms with Gasteiger partial charge in [-0.2, -0.15) is 13.5 Å². The van der Waals surface area contributed by atoms with E-state index in [1.807, 2.05) is 0 Å². The molecule has 0 unspecified atom stereocenters. The number of carbonyl (C=O) groups excluding carboxylic acids is 2. The van der Waals surface area contributed by atoms with E-state index in [1.165, 1.54) is 37.4 Å². The number of nitrogens with zero attached hydrogens (tertiary/aromatic N) is 2. The van der Waals surface area contributed by atoms with Crippen molar-refractivity contribution in [1.82, 2.24) is 9.97 Å². The van der Waals surface area contributed by atoms with E-state index in [1.54, 1.807) is 13.8 Å². The summed E-state index contributed by atoms with van der Waals surface area (Å²) >= 11 is 0. The number of nitrogens with one attached hydrogen (secondary N) is 3. The minimum Gasteiger partial charge on any atom is -0.618 e. The van der Waals surface area contributed by atoms with E-state index >= 15 is 0 Å². The van der Waals surface area contributed by atoms with E-state index in [0.717, 1.165) is 24.4 Å². The molecule has 246 valence electrons. The van der Waals surface area contributed by atoms with Crippen molar-refractivity contribution in [2.75, 3.05) is 17.7 Å². The van der Waals surface area contributed by atoms with Gasteiger partial charge in [0.15, 0.2) is 11.9 Å². The average molecular weight is 654 g/mol. The van der Waals surface area contributed by atoms with Crippen molar-refractivity contribution in [3.05, 3.63) is 83.0 Å². The maximum absolute atomic E-state index is 14.1. The van der Waals surface area contributed by atoms with Gasteiger partial charge in [0.05, 0.1) is 18.4 Å². The summed E-state index contributed by atoms with van der Waals surface area (Å²) in [7, 11) is 1.19. The third-order valence-electron chi connectivity index (χ3n) is 7.90. The Morgan fingerprint density at radius 1 is 1.15 bits per heavy atom. The number of H-pyrrole nitrogens is 1. The monoisotopic (exact) mass is 653 g/mol. The molecule has 2 aromatic carbocycles. The molecule has 5 rings (SSSR count). The van der Waals surface area contributed by atoms with Crippen molar-refractivity contribution < 1.29 is 46.9 Å². The lowest BCUT2D eigenvalue weighted by Crippen LogP contribution is -2.34. The number of halogens is 3. The number of benzene rings is 2. The number of rotatable bonds is 6. The molecule has 4 aromatic rings. The third-order valence-corrected chi connectivity index (χ3v) is 7.90. The van der Waals surface area contributed by atoms with E-state index in [4.69, 9.17) is 0 Å². The fourth-order valence-electron chi connectivity index (χ4n) is 5.43. The number of carboxylic acids is 1. The molecule has 2 bridgehead atoms. The Hall–Kier alpha value is -5.60. The Kier molecular flexibility index (Phi) is 9.08. The van der Waals surface area contributed by atoms with Crippen LogP contribution in [0.3, 0.4) is 0 Å². The molecule has 2 amide bonds. The predicted octanol–water partition coefficient (Wildman–Crippen LogP) is 6.27. The number of aromatic nitrogens is 3. The Balaban J connectivity index is 1.64. The molecule has 0 saturated heterocycles. The summed E-state index contributed by atoms with van der Waals surface area (Å²) in [6, 6.07) is 10.3. The lowest BCUT2D eigenvalue weighted by molar-refractivity contribution is -0.614. The van der Waals surface area contributed by atoms with Crippen molar-refractivity contribution in [2.24, 2.45) is 5.41 Å². The van der Waals surface area contributed by atoms with Crippen LogP contribution in [0.1, 0.15) is 61.0 Å². The van der Waals surface area contributed by atoms with Crippen LogP contribution in [0, 0.1) is 16.4 Å². The molecule has 15 heteroatoms. The Bertz CT molecular complexity index is 1860. The van der Waals surface area contributed by atoms with Crippen LogP contribution in [0.15, 0.2) is 54.7 Å². The predicted molar refractivity (Wildman–Crippen MR) is 163 cm³/mol. The number of pyridine rings is 1. The molecule has 1 aliphatic rings. The summed E-state index contributed by atoms with van der Waals surface area (Å²) in [5, 5.41) is 29.0. The number of ether oxygens (including phenoxy) is 2. The molecule has 0 saturated carbocycles. The molecule has 3 heterocycles. The third kappa shape index (κ3) is 6.98. The molecular weight excluding hydrogens is 623 g/mol. The molecule has 47 heavy (non-hydrogen) atoms. The van der Waals surface area contributed by atoms with Crippen molar-refractivity contribution in [3.8, 4) is 28.1 Å². The van der Waals surface area contributed by atoms with Gasteiger partial charge in [0.2, 0.25) is 11.6 Å². The van der Waals surface area contributed by atoms with E-state index in [-0.39, 0.29) is 69.0 Å². The molecule has 1 atom stereocenters. The highest BCUT2D eigenvalue weighted by Crippen LogP contribution is 2.39. The number of methoxy groups -OCH3 is 1. The number of aromatic carboxylic acids is 1. The SMILES string of the molecule is COC(=O)Nc1ccc2c(c1)NC(=O)C(C)(C)CCC[C@H](c1ccc(-c3cc(F)ccc3OC(F)F)c[n+]1[O-])c1nc-2c(C(=O)O)[nH]1. The zero-order valence-corrected chi connectivity index (χ0v) is 25.4. The maximum Gasteiger partial charge on any atom is 0.411 e. The fraction of sp³-hybridized carbons (Fsp3) is 0.281. The highest BCUT2D eigenvalue weighted by Gasteiger charge is 2.34. The van der Waals surface area contributed by atoms with Gasteiger partial charge in [0, 0.05) is 28.3 Å². The fourth-order valence-corrected chi connectivity index (χ4v) is 5.43. The van der Waals surface area contributed by atoms with Crippen molar-refractivity contribution in [2.45, 2.75) is 45.6 Å². The van der Waals surface area contributed by atoms with Gasteiger partial charge in [-0.25, -0.2) is 19.0 Å². The van der Waals surface area contributed by atoms with Gasteiger partial charge < -0.3 is 30.1 Å². The van der Waals surface area contributed by atoms with Crippen LogP contribution in [-0.4, -0.2) is 46.8 Å². The van der Waals surface area contributed by atoms with E-state index in [0.29, 0.717) is 17.6 Å². The van der Waals surface area contributed by atoms with Crippen LogP contribution in [-0.2, 0) is 9.53 Å². The van der Waals surface area contributed by atoms with Gasteiger partial charge >= 0.3 is 18.7 Å². The first-order valence-electron chi connectivity index (χ1n) is 14.4. The highest BCUT2D eigenvalue weighted by molar-refractivity contribution is 6.02. The molecule has 0 aliphatic carbocycles. The van der Waals surface area contributed by atoms with Crippen LogP contribution in [0.25, 0.3) is 22.4 Å². The van der Waals surface area contributed by atoms with Crippen molar-refractivity contribution in [3.63, 3.8) is 0 Å². The number of hydrogen-bond donors (Lipinski definition) is 4. The van der Waals surface area contributed by atoms with Gasteiger partial charge in [-0.1, -0.05) is 20.3 Å². The first-order chi connectivity index (χ1) is 22.3. The van der Waals surface area contributed by atoms with Gasteiger partial charge in [0.1, 0.15) is 29.0 Å². The van der Waals surface area contributed by atoms with Gasteiger partial charge in [-0.3, -0.25) is 10.1 Å². The molecule has 2 aromatic heterocycles. The highest BCUT2D eigenvalue weighted by atomic mass is 19.3. The smallest absolute Gasteiger partial charge is 0.411 e. The molecule has 1 aliphatic heterocycles. The molecule has 4 N–H and O–H groups in total. The normalized spacial score (nSPS) is 15.9. The second kappa shape index (κ2) is 13.0. The van der Waals surface area contributed by atoms with Gasteiger partial charge in [0.25, 0.3) is 0 Å². The zero-order valence-electron chi connectivity index (χ0n) is 25.4. The Morgan fingerprint density at radius 3 is 2.60 bits per heavy atom. The van der Waals surface area contributed by atoms with Crippen LogP contribution in [0.2, 0.25) is 0 Å². The molecule has 0 radical (unpaired) electrons. The van der Waals surface area contributed by atoms with Gasteiger partial charge in [-0.05, 0) is 55.3 Å². The standard InChI is InChI=1S/C32H30F3N5O7/c1-32(2)12-4-5-20(23-10-6-16(15-40(23)45)21-13-17(33)7-11-24(21)47-30(34)35)27-38-25(26(39-27)28(41)42)19-9-8-18(36-31(44)46-3)14-22(19)37-29(32)43/h6-11,13-15,20,30H,4-5,12H2,1-3H3,(H,36,44)(H,37,43)(H,38,39)(H,41,42)/t20-/m1/s1. The van der Waals surface area contributed by atoms with Crippen LogP contribution >= 0.6 is 0 Å². The number of aromatic amines is 1. The van der Waals surface area contributed by atoms with Crippen LogP contribution < -0.4 is 20.1 Å². The second-order valence-corrected chi connectivity index (χ2v) is 11.5. The Labute approximate surface area is 266 Å². The zero-order chi connectivity index (χ0) is 34.0. The lowest BCUT2D eigenvalue weighted by Gasteiger charge is -2.25. The minimum absolute atomic E-state index is 0.0292. The first-order valence-corrected chi connectivity index (χ1v) is 14.4. The summed E-state index contributed by atoms with van der Waals surface area (Å²) in [6.45, 7) is 0.302. The maximum atomic E-state index is 14.1. The number of alkyl halides is 2. The summed E-state index contributed by atoms with van der Waals surface area (Å²) in [5.74, 6) is -3.45. The van der Waals surface area contributed by atoms with Crippen molar-refractivity contribution in [1.29, 1.82) is 0 Å². The number of carbonyl (C=O) groups is 3. The number of carboxylic acid groups (broad SMARTS) is 1. The number of fused-ring (bicyclic) bond motifs is 4. The number of imidazole rings is 1. The number of hydrogen-bond acceptors (Lipinski definition) is 7. The van der Waals surface area contributed by atoms with Crippen LogP contribution in [0.5, 0.6) is 5.75 Å². The minimum atomic E-state index is -3.18. The molecule has 0 spiro atoms. The van der Waals surface area contributed by atoms with E-state index in [2.05, 4.69) is 30.1 Å². The summed E-state index contributed by atoms with van der Waals surface area (Å²) in [6.07, 6.45) is 1.35. The largest absolute Gasteiger partial charge is 0.618 e. The first kappa shape index (κ1) is 32.8. The Morgan fingerprint density at radius 2 is 1.91 bits per heavy atom. The summed E-state index contributed by atoms with van der Waals surface area (Å²) < 4.78 is 49.8. The van der Waals surface area contributed by atoms with E-state index in [9.17, 15) is 37.9 Å². The second-order valence-electron chi connectivity index (χ2n) is 11.5. The lowest BCUT2D eigenvalue weighted by atomic mass is 9.83. The molecule has 12 nitrogen and oxygen atoms in total.